The zero-order valence-corrected chi connectivity index (χ0v) is 9.39. The van der Waals surface area contributed by atoms with Crippen molar-refractivity contribution in [2.45, 2.75) is 18.2 Å². The van der Waals surface area contributed by atoms with Crippen LogP contribution in [0.25, 0.3) is 0 Å². The summed E-state index contributed by atoms with van der Waals surface area (Å²) >= 11 is 6.86. The third kappa shape index (κ3) is 2.56. The first-order chi connectivity index (χ1) is 5.24. The molecule has 0 aliphatic heterocycles. The van der Waals surface area contributed by atoms with Crippen LogP contribution in [0, 0.1) is 0 Å². The maximum absolute atomic E-state index is 4.31. The van der Waals surface area contributed by atoms with Crippen LogP contribution in [0.5, 0.6) is 0 Å². The third-order valence-electron chi connectivity index (χ3n) is 1.42. The van der Waals surface area contributed by atoms with Gasteiger partial charge in [0.1, 0.15) is 4.60 Å². The number of hydrogen-bond donors (Lipinski definition) is 0. The number of halogens is 2. The average Bonchev–Trinajstić information content (AvgIpc) is 2.03. The summed E-state index contributed by atoms with van der Waals surface area (Å²) in [5.41, 5.74) is 1.09. The van der Waals surface area contributed by atoms with Gasteiger partial charge in [-0.1, -0.05) is 28.9 Å². The van der Waals surface area contributed by atoms with Gasteiger partial charge in [0.15, 0.2) is 0 Å². The highest BCUT2D eigenvalue weighted by atomic mass is 79.9. The Kier molecular flexibility index (Phi) is 3.52. The zero-order valence-electron chi connectivity index (χ0n) is 6.22. The van der Waals surface area contributed by atoms with Crippen molar-refractivity contribution in [1.29, 1.82) is 0 Å². The lowest BCUT2D eigenvalue weighted by molar-refractivity contribution is 0.868. The van der Waals surface area contributed by atoms with Gasteiger partial charge in [0, 0.05) is 0 Å². The van der Waals surface area contributed by atoms with E-state index < -0.39 is 0 Å². The molecule has 11 heavy (non-hydrogen) atoms. The summed E-state index contributed by atoms with van der Waals surface area (Å²) in [6.07, 6.45) is 1.06. The molecule has 1 aromatic rings. The fourth-order valence-electron chi connectivity index (χ4n) is 0.808. The van der Waals surface area contributed by atoms with Crippen LogP contribution >= 0.6 is 31.9 Å². The van der Waals surface area contributed by atoms with Crippen molar-refractivity contribution in [1.82, 2.24) is 4.98 Å². The van der Waals surface area contributed by atoms with Gasteiger partial charge in [-0.25, -0.2) is 4.98 Å². The van der Waals surface area contributed by atoms with Crippen LogP contribution in [0.4, 0.5) is 0 Å². The molecule has 0 spiro atoms. The zero-order chi connectivity index (χ0) is 8.27. The standard InChI is InChI=1S/C8H9Br2N/c1-2-6(9)7-4-3-5-8(10)11-7/h3-6H,2H2,1H3/t6-/m1/s1. The van der Waals surface area contributed by atoms with E-state index in [0.29, 0.717) is 4.83 Å². The van der Waals surface area contributed by atoms with Gasteiger partial charge >= 0.3 is 0 Å². The van der Waals surface area contributed by atoms with E-state index in [0.717, 1.165) is 16.7 Å². The number of alkyl halides is 1. The van der Waals surface area contributed by atoms with E-state index in [1.807, 2.05) is 18.2 Å². The van der Waals surface area contributed by atoms with E-state index in [2.05, 4.69) is 43.8 Å². The van der Waals surface area contributed by atoms with Crippen LogP contribution in [0.15, 0.2) is 22.8 Å². The molecule has 1 heterocycles. The molecule has 0 aromatic carbocycles. The predicted molar refractivity (Wildman–Crippen MR) is 53.9 cm³/mol. The maximum Gasteiger partial charge on any atom is 0.106 e. The maximum atomic E-state index is 4.31. The molecule has 0 saturated heterocycles. The molecule has 0 aliphatic carbocycles. The summed E-state index contributed by atoms with van der Waals surface area (Å²) < 4.78 is 0.896. The molecule has 1 aromatic heterocycles. The van der Waals surface area contributed by atoms with Gasteiger partial charge < -0.3 is 0 Å². The van der Waals surface area contributed by atoms with Gasteiger partial charge in [0.2, 0.25) is 0 Å². The Morgan fingerprint density at radius 3 is 2.82 bits per heavy atom. The smallest absolute Gasteiger partial charge is 0.106 e. The van der Waals surface area contributed by atoms with Gasteiger partial charge in [-0.3, -0.25) is 0 Å². The molecule has 1 rings (SSSR count). The van der Waals surface area contributed by atoms with Crippen molar-refractivity contribution in [2.24, 2.45) is 0 Å². The Balaban J connectivity index is 2.86. The molecular weight excluding hydrogens is 270 g/mol. The molecular formula is C8H9Br2N. The predicted octanol–water partition coefficient (Wildman–Crippen LogP) is 3.69. The Hall–Kier alpha value is 0.110. The van der Waals surface area contributed by atoms with Crippen LogP contribution < -0.4 is 0 Å². The molecule has 0 bridgehead atoms. The quantitative estimate of drug-likeness (QED) is 0.594. The molecule has 60 valence electrons. The van der Waals surface area contributed by atoms with E-state index in [1.165, 1.54) is 0 Å². The van der Waals surface area contributed by atoms with Crippen molar-refractivity contribution in [3.05, 3.63) is 28.5 Å². The minimum absolute atomic E-state index is 0.375. The molecule has 3 heteroatoms. The fraction of sp³-hybridized carbons (Fsp3) is 0.375. The molecule has 0 radical (unpaired) electrons. The van der Waals surface area contributed by atoms with E-state index >= 15 is 0 Å². The van der Waals surface area contributed by atoms with E-state index in [9.17, 15) is 0 Å². The summed E-state index contributed by atoms with van der Waals surface area (Å²) in [5.74, 6) is 0. The monoisotopic (exact) mass is 277 g/mol. The van der Waals surface area contributed by atoms with Crippen molar-refractivity contribution in [3.63, 3.8) is 0 Å². The van der Waals surface area contributed by atoms with E-state index in [4.69, 9.17) is 0 Å². The lowest BCUT2D eigenvalue weighted by Crippen LogP contribution is -1.91. The number of hydrogen-bond acceptors (Lipinski definition) is 1. The van der Waals surface area contributed by atoms with Crippen LogP contribution in [0.2, 0.25) is 0 Å². The van der Waals surface area contributed by atoms with Gasteiger partial charge in [0.25, 0.3) is 0 Å². The Bertz CT molecular complexity index is 237. The van der Waals surface area contributed by atoms with Crippen molar-refractivity contribution in [3.8, 4) is 0 Å². The van der Waals surface area contributed by atoms with Gasteiger partial charge in [0.05, 0.1) is 10.5 Å². The summed E-state index contributed by atoms with van der Waals surface area (Å²) in [6, 6.07) is 5.95. The molecule has 0 aliphatic rings. The second-order valence-corrected chi connectivity index (χ2v) is 4.18. The lowest BCUT2D eigenvalue weighted by Gasteiger charge is -2.04. The molecule has 0 unspecified atom stereocenters. The van der Waals surface area contributed by atoms with Crippen LogP contribution in [-0.4, -0.2) is 4.98 Å². The second kappa shape index (κ2) is 4.21. The van der Waals surface area contributed by atoms with Crippen LogP contribution in [-0.2, 0) is 0 Å². The second-order valence-electron chi connectivity index (χ2n) is 2.26. The first kappa shape index (κ1) is 9.20. The molecule has 0 fully saturated rings. The first-order valence-electron chi connectivity index (χ1n) is 3.50. The first-order valence-corrected chi connectivity index (χ1v) is 5.21. The molecule has 0 saturated carbocycles. The summed E-state index contributed by atoms with van der Waals surface area (Å²) in [6.45, 7) is 2.13. The summed E-state index contributed by atoms with van der Waals surface area (Å²) in [7, 11) is 0. The van der Waals surface area contributed by atoms with Crippen LogP contribution in [0.3, 0.4) is 0 Å². The van der Waals surface area contributed by atoms with Crippen LogP contribution in [0.1, 0.15) is 23.9 Å². The molecule has 1 nitrogen and oxygen atoms in total. The minimum atomic E-state index is 0.375. The number of rotatable bonds is 2. The SMILES string of the molecule is CC[C@@H](Br)c1cccc(Br)n1. The highest BCUT2D eigenvalue weighted by Gasteiger charge is 2.04. The Morgan fingerprint density at radius 1 is 1.55 bits per heavy atom. The highest BCUT2D eigenvalue weighted by Crippen LogP contribution is 2.24. The lowest BCUT2D eigenvalue weighted by atomic mass is 10.2. The topological polar surface area (TPSA) is 12.9 Å². The highest BCUT2D eigenvalue weighted by molar-refractivity contribution is 9.10. The normalized spacial score (nSPS) is 13.0. The Morgan fingerprint density at radius 2 is 2.27 bits per heavy atom. The van der Waals surface area contributed by atoms with Crippen molar-refractivity contribution in [2.75, 3.05) is 0 Å². The average molecular weight is 279 g/mol. The minimum Gasteiger partial charge on any atom is -0.245 e. The van der Waals surface area contributed by atoms with E-state index in [1.54, 1.807) is 0 Å². The van der Waals surface area contributed by atoms with Crippen molar-refractivity contribution >= 4 is 31.9 Å². The largest absolute Gasteiger partial charge is 0.245 e. The molecule has 0 amide bonds. The van der Waals surface area contributed by atoms with Gasteiger partial charge in [-0.05, 0) is 34.5 Å². The van der Waals surface area contributed by atoms with Gasteiger partial charge in [-0.2, -0.15) is 0 Å². The number of pyridine rings is 1. The van der Waals surface area contributed by atoms with E-state index in [-0.39, 0.29) is 0 Å². The third-order valence-corrected chi connectivity index (χ3v) is 2.97. The molecule has 0 N–H and O–H groups in total. The fourth-order valence-corrected chi connectivity index (χ4v) is 1.42. The van der Waals surface area contributed by atoms with Gasteiger partial charge in [-0.15, -0.1) is 0 Å². The Labute approximate surface area is 83.5 Å². The summed E-state index contributed by atoms with van der Waals surface area (Å²) in [5, 5.41) is 0. The summed E-state index contributed by atoms with van der Waals surface area (Å²) in [4.78, 5) is 4.69. The number of nitrogens with zero attached hydrogens (tertiary/aromatic N) is 1. The van der Waals surface area contributed by atoms with Crippen molar-refractivity contribution < 1.29 is 0 Å². The number of aromatic nitrogens is 1. The molecule has 1 atom stereocenters.